The number of hydrogen-bond donors (Lipinski definition) is 1. The predicted octanol–water partition coefficient (Wildman–Crippen LogP) is 3.13. The highest BCUT2D eigenvalue weighted by Gasteiger charge is 2.19. The van der Waals surface area contributed by atoms with E-state index in [0.29, 0.717) is 12.2 Å². The summed E-state index contributed by atoms with van der Waals surface area (Å²) in [4.78, 5) is 26.6. The second-order valence-electron chi connectivity index (χ2n) is 9.71. The minimum atomic E-state index is -3.80. The monoisotopic (exact) mass is 551 g/mol. The highest BCUT2D eigenvalue weighted by Crippen LogP contribution is 2.26. The number of aromatic nitrogens is 2. The third-order valence-electron chi connectivity index (χ3n) is 6.88. The van der Waals surface area contributed by atoms with Gasteiger partial charge in [0, 0.05) is 63.9 Å². The van der Waals surface area contributed by atoms with E-state index < -0.39 is 22.2 Å². The molecule has 1 amide bonds. The zero-order valence-corrected chi connectivity index (χ0v) is 22.7. The van der Waals surface area contributed by atoms with Gasteiger partial charge in [-0.1, -0.05) is 12.1 Å². The molecule has 0 bridgehead atoms. The van der Waals surface area contributed by atoms with Crippen LogP contribution >= 0.6 is 0 Å². The molecule has 1 aromatic carbocycles. The van der Waals surface area contributed by atoms with Gasteiger partial charge in [-0.05, 0) is 73.0 Å². The molecule has 206 valence electrons. The molecule has 4 heterocycles. The van der Waals surface area contributed by atoms with Gasteiger partial charge in [0.15, 0.2) is 6.29 Å². The maximum atomic E-state index is 13.2. The number of hydrogen-bond acceptors (Lipinski definition) is 8. The normalized spacial score (nSPS) is 18.9. The summed E-state index contributed by atoms with van der Waals surface area (Å²) in [5.74, 6) is 0.468. The summed E-state index contributed by atoms with van der Waals surface area (Å²) < 4.78 is 33.0. The maximum Gasteiger partial charge on any atom is 0.267 e. The van der Waals surface area contributed by atoms with Crippen molar-refractivity contribution in [3.63, 3.8) is 0 Å². The number of amides is 1. The van der Waals surface area contributed by atoms with Crippen LogP contribution in [0.2, 0.25) is 0 Å². The fourth-order valence-corrected chi connectivity index (χ4v) is 5.73. The van der Waals surface area contributed by atoms with Crippen LogP contribution in [0.25, 0.3) is 17.2 Å². The van der Waals surface area contributed by atoms with Crippen LogP contribution < -0.4 is 10.4 Å². The van der Waals surface area contributed by atoms with Crippen molar-refractivity contribution in [2.75, 3.05) is 44.7 Å². The average Bonchev–Trinajstić information content (AvgIpc) is 3.46. The van der Waals surface area contributed by atoms with E-state index in [1.165, 1.54) is 24.5 Å². The van der Waals surface area contributed by atoms with Crippen molar-refractivity contribution in [3.05, 3.63) is 72.7 Å². The minimum absolute atomic E-state index is 0.171. The van der Waals surface area contributed by atoms with Crippen molar-refractivity contribution in [3.8, 4) is 11.1 Å². The number of benzene rings is 1. The lowest BCUT2D eigenvalue weighted by molar-refractivity contribution is -0.198. The number of pyridine rings is 1. The number of piperazine rings is 1. The van der Waals surface area contributed by atoms with E-state index in [1.807, 2.05) is 12.1 Å². The number of ether oxygens (including phenoxy) is 1. The number of hydroxylamine groups is 1. The van der Waals surface area contributed by atoms with Crippen LogP contribution in [0.4, 0.5) is 5.82 Å². The van der Waals surface area contributed by atoms with E-state index >= 15 is 0 Å². The van der Waals surface area contributed by atoms with E-state index in [2.05, 4.69) is 27.3 Å². The number of nitrogens with zero attached hydrogens (tertiary/aromatic N) is 4. The van der Waals surface area contributed by atoms with Gasteiger partial charge in [0.05, 0.1) is 4.90 Å². The molecule has 1 N–H and O–H groups in total. The van der Waals surface area contributed by atoms with E-state index in [9.17, 15) is 13.2 Å². The first-order valence-electron chi connectivity index (χ1n) is 13.1. The van der Waals surface area contributed by atoms with E-state index in [-0.39, 0.29) is 4.90 Å². The minimum Gasteiger partial charge on any atom is -0.354 e. The van der Waals surface area contributed by atoms with Crippen molar-refractivity contribution in [2.45, 2.75) is 30.4 Å². The number of rotatable bonds is 8. The topological polar surface area (TPSA) is 106 Å². The van der Waals surface area contributed by atoms with Crippen molar-refractivity contribution < 1.29 is 22.8 Å². The van der Waals surface area contributed by atoms with Crippen molar-refractivity contribution >= 4 is 27.8 Å². The third kappa shape index (κ3) is 6.74. The molecule has 11 heteroatoms. The van der Waals surface area contributed by atoms with Crippen LogP contribution in [0, 0.1) is 0 Å². The molecule has 0 radical (unpaired) electrons. The first-order chi connectivity index (χ1) is 18.9. The van der Waals surface area contributed by atoms with E-state index in [4.69, 9.17) is 9.57 Å². The van der Waals surface area contributed by atoms with Gasteiger partial charge in [-0.25, -0.2) is 27.7 Å². The SMILES string of the molecule is CN1CCN(c2cc(-c3ccc(S(=O)(=O)n4ccc(/C=C/C(=O)NOC5CCCCO5)c4)cc3)ccn2)CC1. The molecule has 2 aliphatic heterocycles. The molecule has 3 aromatic rings. The number of carbonyl (C=O) groups is 1. The summed E-state index contributed by atoms with van der Waals surface area (Å²) in [6.07, 6.45) is 9.78. The van der Waals surface area contributed by atoms with Crippen LogP contribution in [0.3, 0.4) is 0 Å². The number of likely N-dealkylation sites (N-methyl/N-ethyl adjacent to an activating group) is 1. The lowest BCUT2D eigenvalue weighted by atomic mass is 10.1. The summed E-state index contributed by atoms with van der Waals surface area (Å²) in [6.45, 7) is 4.44. The molecule has 2 aromatic heterocycles. The molecule has 1 unspecified atom stereocenters. The Kier molecular flexibility index (Phi) is 8.41. The smallest absolute Gasteiger partial charge is 0.267 e. The largest absolute Gasteiger partial charge is 0.354 e. The first kappa shape index (κ1) is 27.1. The lowest BCUT2D eigenvalue weighted by Crippen LogP contribution is -2.44. The fraction of sp³-hybridized carbons (Fsp3) is 0.357. The van der Waals surface area contributed by atoms with Crippen molar-refractivity contribution in [2.24, 2.45) is 0 Å². The van der Waals surface area contributed by atoms with Gasteiger partial charge in [-0.3, -0.25) is 4.79 Å². The van der Waals surface area contributed by atoms with Gasteiger partial charge in [-0.2, -0.15) is 0 Å². The van der Waals surface area contributed by atoms with Gasteiger partial charge >= 0.3 is 0 Å². The molecule has 2 fully saturated rings. The standard InChI is InChI=1S/C28H33N5O5S/c1-31-15-17-32(18-16-31)26-20-24(11-13-29-26)23-6-8-25(9-7-23)39(35,36)33-14-12-22(21-33)5-10-27(34)30-38-28-4-2-3-19-37-28/h5-14,20-21,28H,2-4,15-19H2,1H3,(H,30,34)/b10-5+. The van der Waals surface area contributed by atoms with Crippen LogP contribution in [0.5, 0.6) is 0 Å². The molecule has 0 spiro atoms. The first-order valence-corrected chi connectivity index (χ1v) is 14.5. The third-order valence-corrected chi connectivity index (χ3v) is 8.53. The van der Waals surface area contributed by atoms with Gasteiger partial charge in [0.1, 0.15) is 5.82 Å². The second-order valence-corrected chi connectivity index (χ2v) is 11.6. The Hall–Kier alpha value is -3.51. The zero-order chi connectivity index (χ0) is 27.2. The van der Waals surface area contributed by atoms with Crippen LogP contribution in [-0.4, -0.2) is 74.3 Å². The van der Waals surface area contributed by atoms with Crippen LogP contribution in [0.1, 0.15) is 24.8 Å². The average molecular weight is 552 g/mol. The number of nitrogens with one attached hydrogen (secondary N) is 1. The highest BCUT2D eigenvalue weighted by molar-refractivity contribution is 7.90. The summed E-state index contributed by atoms with van der Waals surface area (Å²) in [6, 6.07) is 12.4. The maximum absolute atomic E-state index is 13.2. The summed E-state index contributed by atoms with van der Waals surface area (Å²) in [7, 11) is -1.68. The molecular formula is C28H33N5O5S. The molecule has 2 saturated heterocycles. The fourth-order valence-electron chi connectivity index (χ4n) is 4.52. The lowest BCUT2D eigenvalue weighted by Gasteiger charge is -2.33. The summed E-state index contributed by atoms with van der Waals surface area (Å²) in [5, 5.41) is 0. The van der Waals surface area contributed by atoms with Gasteiger partial charge in [0.2, 0.25) is 0 Å². The quantitative estimate of drug-likeness (QED) is 0.336. The Bertz CT molecular complexity index is 1410. The molecule has 2 aliphatic rings. The van der Waals surface area contributed by atoms with E-state index in [1.54, 1.807) is 36.5 Å². The van der Waals surface area contributed by atoms with Crippen molar-refractivity contribution in [1.29, 1.82) is 0 Å². The molecule has 0 aliphatic carbocycles. The molecule has 10 nitrogen and oxygen atoms in total. The van der Waals surface area contributed by atoms with Gasteiger partial charge < -0.3 is 14.5 Å². The van der Waals surface area contributed by atoms with E-state index in [0.717, 1.165) is 66.4 Å². The zero-order valence-electron chi connectivity index (χ0n) is 21.9. The molecule has 1 atom stereocenters. The molecule has 39 heavy (non-hydrogen) atoms. The Morgan fingerprint density at radius 1 is 1.08 bits per heavy atom. The predicted molar refractivity (Wildman–Crippen MR) is 148 cm³/mol. The van der Waals surface area contributed by atoms with Gasteiger partial charge in [0.25, 0.3) is 15.9 Å². The second kappa shape index (κ2) is 12.1. The Morgan fingerprint density at radius 3 is 2.62 bits per heavy atom. The number of anilines is 1. The Balaban J connectivity index is 1.22. The Morgan fingerprint density at radius 2 is 1.87 bits per heavy atom. The molecular weight excluding hydrogens is 518 g/mol. The van der Waals surface area contributed by atoms with Crippen LogP contribution in [-0.2, 0) is 24.4 Å². The molecule has 5 rings (SSSR count). The number of carbonyl (C=O) groups excluding carboxylic acids is 1. The highest BCUT2D eigenvalue weighted by atomic mass is 32.2. The van der Waals surface area contributed by atoms with Crippen LogP contribution in [0.15, 0.2) is 72.0 Å². The summed E-state index contributed by atoms with van der Waals surface area (Å²) >= 11 is 0. The van der Waals surface area contributed by atoms with Gasteiger partial charge in [-0.15, -0.1) is 0 Å². The summed E-state index contributed by atoms with van der Waals surface area (Å²) in [5.41, 5.74) is 4.80. The molecule has 0 saturated carbocycles. The Labute approximate surface area is 228 Å². The van der Waals surface area contributed by atoms with Crippen molar-refractivity contribution in [1.82, 2.24) is 19.3 Å².